The van der Waals surface area contributed by atoms with Crippen molar-refractivity contribution in [3.8, 4) is 0 Å². The van der Waals surface area contributed by atoms with Gasteiger partial charge in [-0.2, -0.15) is 0 Å². The van der Waals surface area contributed by atoms with Crippen molar-refractivity contribution in [3.63, 3.8) is 0 Å². The second-order valence-corrected chi connectivity index (χ2v) is 6.21. The monoisotopic (exact) mass is 336 g/mol. The molecule has 2 heterocycles. The maximum Gasteiger partial charge on any atom is 0.469 e. The molecule has 22 heavy (non-hydrogen) atoms. The van der Waals surface area contributed by atoms with E-state index in [1.54, 1.807) is 0 Å². The second kappa shape index (κ2) is 6.09. The molecule has 0 aromatic heterocycles. The number of nitrogens with one attached hydrogen (secondary N) is 1. The van der Waals surface area contributed by atoms with Crippen molar-refractivity contribution in [2.75, 3.05) is 13.7 Å². The van der Waals surface area contributed by atoms with E-state index >= 15 is 0 Å². The zero-order valence-corrected chi connectivity index (χ0v) is 12.5. The SMILES string of the molecule is C=C1NC(=O)N(C)C=C1C1OC(COP(=O)(O)O)C(O)C1O. The molecule has 0 saturated carbocycles. The molecule has 5 N–H and O–H groups in total. The number of amides is 2. The summed E-state index contributed by atoms with van der Waals surface area (Å²) in [6.45, 7) is 3.04. The molecule has 2 amide bonds. The van der Waals surface area contributed by atoms with Crippen molar-refractivity contribution in [1.82, 2.24) is 10.2 Å². The molecule has 0 aromatic rings. The maximum absolute atomic E-state index is 11.4. The van der Waals surface area contributed by atoms with E-state index in [0.717, 1.165) is 0 Å². The van der Waals surface area contributed by atoms with E-state index in [0.29, 0.717) is 5.57 Å². The van der Waals surface area contributed by atoms with E-state index in [9.17, 15) is 19.6 Å². The molecule has 1 saturated heterocycles. The van der Waals surface area contributed by atoms with Crippen LogP contribution in [0.25, 0.3) is 0 Å². The molecule has 2 aliphatic heterocycles. The van der Waals surface area contributed by atoms with Gasteiger partial charge in [-0.25, -0.2) is 9.36 Å². The number of phosphoric ester groups is 1. The van der Waals surface area contributed by atoms with Gasteiger partial charge < -0.3 is 35.0 Å². The minimum Gasteiger partial charge on any atom is -0.387 e. The zero-order valence-electron chi connectivity index (χ0n) is 11.6. The summed E-state index contributed by atoms with van der Waals surface area (Å²) in [6.07, 6.45) is -3.53. The zero-order chi connectivity index (χ0) is 16.7. The fourth-order valence-electron chi connectivity index (χ4n) is 2.19. The van der Waals surface area contributed by atoms with Crippen LogP contribution in [0.4, 0.5) is 4.79 Å². The molecule has 0 bridgehead atoms. The van der Waals surface area contributed by atoms with Crippen LogP contribution in [0.15, 0.2) is 24.0 Å². The number of nitrogens with zero attached hydrogens (tertiary/aromatic N) is 1. The largest absolute Gasteiger partial charge is 0.469 e. The number of hydrogen-bond donors (Lipinski definition) is 5. The van der Waals surface area contributed by atoms with Crippen LogP contribution in [0.2, 0.25) is 0 Å². The summed E-state index contributed by atoms with van der Waals surface area (Å²) in [7, 11) is -3.24. The number of urea groups is 1. The summed E-state index contributed by atoms with van der Waals surface area (Å²) >= 11 is 0. The van der Waals surface area contributed by atoms with Crippen LogP contribution in [-0.4, -0.2) is 69.0 Å². The normalized spacial score (nSPS) is 33.0. The van der Waals surface area contributed by atoms with E-state index in [1.165, 1.54) is 18.1 Å². The summed E-state index contributed by atoms with van der Waals surface area (Å²) in [5.74, 6) is 0. The Labute approximate surface area is 125 Å². The van der Waals surface area contributed by atoms with E-state index in [-0.39, 0.29) is 5.70 Å². The predicted octanol–water partition coefficient (Wildman–Crippen LogP) is -1.36. The molecule has 2 aliphatic rings. The van der Waals surface area contributed by atoms with Crippen molar-refractivity contribution in [1.29, 1.82) is 0 Å². The second-order valence-electron chi connectivity index (χ2n) is 4.97. The highest BCUT2D eigenvalue weighted by atomic mass is 31.2. The molecule has 4 atom stereocenters. The molecular formula is C11H17N2O8P. The minimum absolute atomic E-state index is 0.205. The predicted molar refractivity (Wildman–Crippen MR) is 72.2 cm³/mol. The number of carbonyl (C=O) groups is 1. The molecule has 0 spiro atoms. The van der Waals surface area contributed by atoms with Gasteiger partial charge in [0.25, 0.3) is 0 Å². The number of aliphatic hydroxyl groups excluding tert-OH is 2. The minimum atomic E-state index is -4.72. The first-order chi connectivity index (χ1) is 10.1. The lowest BCUT2D eigenvalue weighted by atomic mass is 9.99. The van der Waals surface area contributed by atoms with Crippen LogP contribution in [0.5, 0.6) is 0 Å². The van der Waals surface area contributed by atoms with Crippen LogP contribution in [0.1, 0.15) is 0 Å². The lowest BCUT2D eigenvalue weighted by Crippen LogP contribution is -2.42. The Morgan fingerprint density at radius 2 is 2.09 bits per heavy atom. The smallest absolute Gasteiger partial charge is 0.387 e. The fraction of sp³-hybridized carbons (Fsp3) is 0.545. The first-order valence-electron chi connectivity index (χ1n) is 6.26. The van der Waals surface area contributed by atoms with Gasteiger partial charge in [-0.1, -0.05) is 6.58 Å². The van der Waals surface area contributed by atoms with Crippen molar-refractivity contribution in [2.24, 2.45) is 0 Å². The van der Waals surface area contributed by atoms with Gasteiger partial charge in [-0.15, -0.1) is 0 Å². The van der Waals surface area contributed by atoms with Gasteiger partial charge in [0.15, 0.2) is 0 Å². The number of hydrogen-bond acceptors (Lipinski definition) is 6. The Balaban J connectivity index is 2.13. The lowest BCUT2D eigenvalue weighted by molar-refractivity contribution is -0.0137. The standard InChI is InChI=1S/C11H17N2O8P/c1-5-6(3-13(2)11(16)12-5)10-9(15)8(14)7(21-10)4-20-22(17,18)19/h3,7-10,14-15H,1,4H2,2H3,(H,12,16)(H2,17,18,19). The van der Waals surface area contributed by atoms with Crippen LogP contribution in [-0.2, 0) is 13.8 Å². The first-order valence-corrected chi connectivity index (χ1v) is 7.79. The molecule has 1 fully saturated rings. The molecule has 0 aromatic carbocycles. The Morgan fingerprint density at radius 1 is 1.45 bits per heavy atom. The van der Waals surface area contributed by atoms with Gasteiger partial charge in [-0.05, 0) is 0 Å². The van der Waals surface area contributed by atoms with Gasteiger partial charge in [0.2, 0.25) is 0 Å². The van der Waals surface area contributed by atoms with E-state index < -0.39 is 44.9 Å². The summed E-state index contributed by atoms with van der Waals surface area (Å²) in [5, 5.41) is 22.4. The van der Waals surface area contributed by atoms with Crippen molar-refractivity contribution >= 4 is 13.9 Å². The third-order valence-corrected chi connectivity index (χ3v) is 3.82. The third kappa shape index (κ3) is 3.55. The molecule has 10 nitrogen and oxygen atoms in total. The number of carbonyl (C=O) groups excluding carboxylic acids is 1. The van der Waals surface area contributed by atoms with Gasteiger partial charge in [0.1, 0.15) is 24.4 Å². The molecule has 124 valence electrons. The Bertz CT molecular complexity index is 558. The summed E-state index contributed by atoms with van der Waals surface area (Å²) in [6, 6.07) is -0.414. The number of aliphatic hydroxyl groups is 2. The van der Waals surface area contributed by atoms with Crippen LogP contribution in [0, 0.1) is 0 Å². The van der Waals surface area contributed by atoms with Crippen molar-refractivity contribution < 1.29 is 38.6 Å². The highest BCUT2D eigenvalue weighted by Crippen LogP contribution is 2.38. The Kier molecular flexibility index (Phi) is 4.73. The Hall–Kier alpha value is -1.26. The molecule has 0 aliphatic carbocycles. The number of phosphoric acid groups is 1. The fourth-order valence-corrected chi connectivity index (χ4v) is 2.53. The average Bonchev–Trinajstić information content (AvgIpc) is 2.68. The average molecular weight is 336 g/mol. The summed E-state index contributed by atoms with van der Waals surface area (Å²) in [5.41, 5.74) is 0.545. The highest BCUT2D eigenvalue weighted by molar-refractivity contribution is 7.46. The lowest BCUT2D eigenvalue weighted by Gasteiger charge is -2.28. The number of rotatable bonds is 4. The number of ether oxygens (including phenoxy) is 1. The molecule has 11 heteroatoms. The van der Waals surface area contributed by atoms with Crippen LogP contribution < -0.4 is 5.32 Å². The molecular weight excluding hydrogens is 319 g/mol. The third-order valence-electron chi connectivity index (χ3n) is 3.34. The summed E-state index contributed by atoms with van der Waals surface area (Å²) in [4.78, 5) is 30.0. The van der Waals surface area contributed by atoms with Gasteiger partial charge in [0.05, 0.1) is 6.61 Å². The van der Waals surface area contributed by atoms with Gasteiger partial charge >= 0.3 is 13.9 Å². The molecule has 2 rings (SSSR count). The van der Waals surface area contributed by atoms with Gasteiger partial charge in [-0.3, -0.25) is 4.52 Å². The summed E-state index contributed by atoms with van der Waals surface area (Å²) < 4.78 is 20.4. The molecule has 0 radical (unpaired) electrons. The Morgan fingerprint density at radius 3 is 2.68 bits per heavy atom. The van der Waals surface area contributed by atoms with Crippen LogP contribution in [0.3, 0.4) is 0 Å². The topological polar surface area (TPSA) is 149 Å². The highest BCUT2D eigenvalue weighted by Gasteiger charge is 2.46. The van der Waals surface area contributed by atoms with Gasteiger partial charge in [0, 0.05) is 24.5 Å². The van der Waals surface area contributed by atoms with E-state index in [2.05, 4.69) is 16.4 Å². The van der Waals surface area contributed by atoms with E-state index in [4.69, 9.17) is 14.5 Å². The van der Waals surface area contributed by atoms with Crippen molar-refractivity contribution in [3.05, 3.63) is 24.0 Å². The maximum atomic E-state index is 11.4. The first kappa shape index (κ1) is 17.1. The van der Waals surface area contributed by atoms with Crippen molar-refractivity contribution in [2.45, 2.75) is 24.4 Å². The molecule has 4 unspecified atom stereocenters. The van der Waals surface area contributed by atoms with E-state index in [1.807, 2.05) is 0 Å². The van der Waals surface area contributed by atoms with Crippen LogP contribution >= 0.6 is 7.82 Å². The quantitative estimate of drug-likeness (QED) is 0.395.